The highest BCUT2D eigenvalue weighted by Gasteiger charge is 2.52. The Morgan fingerprint density at radius 3 is 2.64 bits per heavy atom. The minimum atomic E-state index is -3.06. The van der Waals surface area contributed by atoms with Crippen molar-refractivity contribution in [2.45, 2.75) is 70.0 Å². The van der Waals surface area contributed by atoms with Gasteiger partial charge in [0.1, 0.15) is 17.7 Å². The zero-order chi connectivity index (χ0) is 34.7. The summed E-state index contributed by atoms with van der Waals surface area (Å²) in [6.45, 7) is 5.25. The Morgan fingerprint density at radius 2 is 1.86 bits per heavy atom. The number of carbonyl (C=O) groups is 2. The number of rotatable bonds is 7. The van der Waals surface area contributed by atoms with Crippen molar-refractivity contribution in [1.82, 2.24) is 35.5 Å². The number of fused-ring (bicyclic) bond motifs is 4. The molecule has 50 heavy (non-hydrogen) atoms. The van der Waals surface area contributed by atoms with Gasteiger partial charge in [-0.2, -0.15) is 0 Å². The fourth-order valence-corrected chi connectivity index (χ4v) is 8.10. The number of carbonyl (C=O) groups excluding carboxylic acids is 2. The van der Waals surface area contributed by atoms with Crippen molar-refractivity contribution < 1.29 is 23.1 Å². The van der Waals surface area contributed by atoms with E-state index in [0.717, 1.165) is 59.4 Å². The summed E-state index contributed by atoms with van der Waals surface area (Å²) in [5.74, 6) is -2.89. The Balaban J connectivity index is 1.02. The quantitative estimate of drug-likeness (QED) is 0.166. The SMILES string of the molecule is COC(=O)N[C@H](C(=O)N1CCC[C@H]1c1ncc(C2=CC=C3c4ccc(-c5ccc6nc([C@@H]7CCCN7)[nH]c6c5)cc4C(F)(F)C3C2)[nH]1)C(C)C. The van der Waals surface area contributed by atoms with Crippen LogP contribution in [0.2, 0.25) is 0 Å². The zero-order valence-electron chi connectivity index (χ0n) is 28.4. The number of nitrogens with zero attached hydrogens (tertiary/aromatic N) is 3. The molecule has 2 aliphatic carbocycles. The predicted octanol–water partition coefficient (Wildman–Crippen LogP) is 7.01. The van der Waals surface area contributed by atoms with E-state index in [9.17, 15) is 9.59 Å². The molecule has 4 heterocycles. The molecule has 1 unspecified atom stereocenters. The van der Waals surface area contributed by atoms with Crippen LogP contribution in [-0.2, 0) is 15.5 Å². The first-order chi connectivity index (χ1) is 24.1. The van der Waals surface area contributed by atoms with Gasteiger partial charge in [-0.1, -0.05) is 44.2 Å². The number of benzene rings is 2. The van der Waals surface area contributed by atoms with Gasteiger partial charge >= 0.3 is 6.09 Å². The van der Waals surface area contributed by atoms with Gasteiger partial charge in [-0.25, -0.2) is 23.5 Å². The number of aromatic amines is 2. The fourth-order valence-electron chi connectivity index (χ4n) is 8.10. The summed E-state index contributed by atoms with van der Waals surface area (Å²) in [5, 5.41) is 6.13. The largest absolute Gasteiger partial charge is 0.453 e. The summed E-state index contributed by atoms with van der Waals surface area (Å²) in [6.07, 6.45) is 8.52. The third-order valence-electron chi connectivity index (χ3n) is 10.8. The van der Waals surface area contributed by atoms with Gasteiger partial charge in [-0.05, 0) is 90.6 Å². The number of hydrogen-bond donors (Lipinski definition) is 4. The summed E-state index contributed by atoms with van der Waals surface area (Å²) in [7, 11) is 1.27. The molecule has 2 aliphatic heterocycles. The van der Waals surface area contributed by atoms with Crippen molar-refractivity contribution in [3.8, 4) is 11.1 Å². The van der Waals surface area contributed by atoms with Gasteiger partial charge in [0.2, 0.25) is 5.91 Å². The van der Waals surface area contributed by atoms with Crippen LogP contribution >= 0.6 is 0 Å². The average Bonchev–Trinajstić information content (AvgIpc) is 3.96. The van der Waals surface area contributed by atoms with Crippen molar-refractivity contribution >= 4 is 34.2 Å². The van der Waals surface area contributed by atoms with E-state index >= 15 is 8.78 Å². The Kier molecular flexibility index (Phi) is 8.08. The van der Waals surface area contributed by atoms with Gasteiger partial charge in [0.05, 0.1) is 48.0 Å². The lowest BCUT2D eigenvalue weighted by Crippen LogP contribution is -2.51. The maximum absolute atomic E-state index is 16.3. The van der Waals surface area contributed by atoms with Gasteiger partial charge in [-0.3, -0.25) is 4.79 Å². The second-order valence-corrected chi connectivity index (χ2v) is 14.2. The smallest absolute Gasteiger partial charge is 0.407 e. The second kappa shape index (κ2) is 12.5. The van der Waals surface area contributed by atoms with E-state index < -0.39 is 24.0 Å². The molecule has 2 aromatic carbocycles. The molecule has 2 saturated heterocycles. The maximum Gasteiger partial charge on any atom is 0.407 e. The van der Waals surface area contributed by atoms with E-state index in [1.54, 1.807) is 17.2 Å². The zero-order valence-corrected chi connectivity index (χ0v) is 28.4. The molecule has 2 amide bonds. The average molecular weight is 682 g/mol. The number of alkyl halides is 2. The number of alkyl carbamates (subject to hydrolysis) is 1. The maximum atomic E-state index is 16.3. The van der Waals surface area contributed by atoms with Crippen LogP contribution in [0.3, 0.4) is 0 Å². The van der Waals surface area contributed by atoms with Crippen LogP contribution in [0.1, 0.15) is 86.5 Å². The van der Waals surface area contributed by atoms with E-state index in [0.29, 0.717) is 35.6 Å². The van der Waals surface area contributed by atoms with Crippen LogP contribution in [0.25, 0.3) is 33.3 Å². The number of halogens is 2. The third-order valence-corrected chi connectivity index (χ3v) is 10.8. The lowest BCUT2D eigenvalue weighted by Gasteiger charge is -2.30. The monoisotopic (exact) mass is 681 g/mol. The van der Waals surface area contributed by atoms with E-state index in [1.807, 2.05) is 56.3 Å². The number of H-pyrrole nitrogens is 2. The van der Waals surface area contributed by atoms with Gasteiger partial charge in [0.25, 0.3) is 5.92 Å². The molecule has 4 atom stereocenters. The molecule has 0 radical (unpaired) electrons. The molecular weight excluding hydrogens is 640 g/mol. The number of aromatic nitrogens is 4. The highest BCUT2D eigenvalue weighted by atomic mass is 19.3. The first-order valence-corrected chi connectivity index (χ1v) is 17.5. The molecule has 0 saturated carbocycles. The van der Waals surface area contributed by atoms with Crippen molar-refractivity contribution in [2.75, 3.05) is 20.2 Å². The van der Waals surface area contributed by atoms with E-state index in [4.69, 9.17) is 9.72 Å². The highest BCUT2D eigenvalue weighted by molar-refractivity contribution is 5.88. The normalized spacial score (nSPS) is 23.1. The number of methoxy groups -OCH3 is 1. The molecule has 4 aromatic rings. The first-order valence-electron chi connectivity index (χ1n) is 17.5. The number of amides is 2. The number of likely N-dealkylation sites (tertiary alicyclic amines) is 1. The van der Waals surface area contributed by atoms with Gasteiger partial charge in [0.15, 0.2) is 0 Å². The fraction of sp³-hybridized carbons (Fsp3) is 0.421. The summed E-state index contributed by atoms with van der Waals surface area (Å²) in [5.41, 5.74) is 6.04. The van der Waals surface area contributed by atoms with Gasteiger partial charge in [0, 0.05) is 12.1 Å². The van der Waals surface area contributed by atoms with Crippen molar-refractivity contribution in [2.24, 2.45) is 11.8 Å². The van der Waals surface area contributed by atoms with Gasteiger partial charge in [-0.15, -0.1) is 0 Å². The second-order valence-electron chi connectivity index (χ2n) is 14.2. The summed E-state index contributed by atoms with van der Waals surface area (Å²) < 4.78 is 37.4. The van der Waals surface area contributed by atoms with E-state index in [1.165, 1.54) is 7.11 Å². The summed E-state index contributed by atoms with van der Waals surface area (Å²) in [4.78, 5) is 43.4. The van der Waals surface area contributed by atoms with Gasteiger partial charge < -0.3 is 30.2 Å². The molecule has 2 aromatic heterocycles. The van der Waals surface area contributed by atoms with Crippen LogP contribution < -0.4 is 10.6 Å². The Morgan fingerprint density at radius 1 is 1.04 bits per heavy atom. The third kappa shape index (κ3) is 5.49. The lowest BCUT2D eigenvalue weighted by molar-refractivity contribution is -0.135. The van der Waals surface area contributed by atoms with Crippen LogP contribution in [0.4, 0.5) is 13.6 Å². The van der Waals surface area contributed by atoms with Crippen LogP contribution in [0.5, 0.6) is 0 Å². The van der Waals surface area contributed by atoms with Crippen LogP contribution in [-0.4, -0.2) is 63.1 Å². The molecule has 4 aliphatic rings. The number of ether oxygens (including phenoxy) is 1. The minimum Gasteiger partial charge on any atom is -0.453 e. The Hall–Kier alpha value is -4.84. The molecule has 4 N–H and O–H groups in total. The number of imidazole rings is 2. The molecule has 0 bridgehead atoms. The number of allylic oxidation sites excluding steroid dienone is 4. The molecule has 8 rings (SSSR count). The Labute approximate surface area is 288 Å². The molecule has 10 nitrogen and oxygen atoms in total. The highest BCUT2D eigenvalue weighted by Crippen LogP contribution is 2.57. The van der Waals surface area contributed by atoms with Crippen LogP contribution in [0.15, 0.2) is 54.7 Å². The summed E-state index contributed by atoms with van der Waals surface area (Å²) in [6, 6.07) is 10.5. The first kappa shape index (κ1) is 32.4. The predicted molar refractivity (Wildman–Crippen MR) is 186 cm³/mol. The molecule has 12 heteroatoms. The molecule has 2 fully saturated rings. The van der Waals surface area contributed by atoms with E-state index in [-0.39, 0.29) is 35.9 Å². The Bertz CT molecular complexity index is 2040. The van der Waals surface area contributed by atoms with E-state index in [2.05, 4.69) is 25.6 Å². The number of hydrogen-bond acceptors (Lipinski definition) is 6. The molecule has 0 spiro atoms. The topological polar surface area (TPSA) is 128 Å². The van der Waals surface area contributed by atoms with Crippen molar-refractivity contribution in [3.05, 3.63) is 83.2 Å². The minimum absolute atomic E-state index is 0.0483. The van der Waals surface area contributed by atoms with Crippen molar-refractivity contribution in [1.29, 1.82) is 0 Å². The standard InChI is InChI=1S/C38H41F2N7O3/c1-20(2)33(46-37(49)50-3)36(48)47-15-5-7-32(47)35-42-19-31(45-35)23-9-12-25-24-11-8-21(16-26(24)38(39,40)27(25)17-23)22-10-13-28-30(18-22)44-34(43-28)29-6-4-14-41-29/h8-13,16,18-20,27,29,32-33,41H,4-7,14-15,17H2,1-3H3,(H,42,45)(H,43,44)(H,46,49)/t27?,29-,32-,33-/m0/s1. The number of nitrogens with one attached hydrogen (secondary N) is 4. The van der Waals surface area contributed by atoms with Crippen LogP contribution in [0, 0.1) is 11.8 Å². The molecular formula is C38H41F2N7O3. The summed E-state index contributed by atoms with van der Waals surface area (Å²) >= 11 is 0. The van der Waals surface area contributed by atoms with Crippen molar-refractivity contribution in [3.63, 3.8) is 0 Å². The lowest BCUT2D eigenvalue weighted by atomic mass is 9.85. The molecule has 260 valence electrons.